The summed E-state index contributed by atoms with van der Waals surface area (Å²) in [6, 6.07) is 3.70. The summed E-state index contributed by atoms with van der Waals surface area (Å²) in [5, 5.41) is 10.1. The molecule has 0 bridgehead atoms. The summed E-state index contributed by atoms with van der Waals surface area (Å²) in [6.45, 7) is 0. The van der Waals surface area contributed by atoms with Crippen LogP contribution >= 0.6 is 11.6 Å². The summed E-state index contributed by atoms with van der Waals surface area (Å²) in [5.41, 5.74) is -0.168. The Hall–Kier alpha value is -1.95. The molecule has 1 amide bonds. The standard InChI is InChI=1S/C12H9ClFN3O2/c13-7-3-4-9(14)8(5-7)10(18)15-12-17-16-11(19-12)6-1-2-6/h3-6H,1-2H2,(H,15,17,18). The van der Waals surface area contributed by atoms with Crippen LogP contribution in [-0.4, -0.2) is 16.1 Å². The fourth-order valence-corrected chi connectivity index (χ4v) is 1.79. The number of nitrogens with one attached hydrogen (secondary N) is 1. The molecule has 0 atom stereocenters. The van der Waals surface area contributed by atoms with Crippen LogP contribution in [-0.2, 0) is 0 Å². The van der Waals surface area contributed by atoms with Crippen molar-refractivity contribution in [2.24, 2.45) is 0 Å². The van der Waals surface area contributed by atoms with Crippen LogP contribution < -0.4 is 5.32 Å². The van der Waals surface area contributed by atoms with E-state index in [9.17, 15) is 9.18 Å². The second-order valence-electron chi connectivity index (χ2n) is 4.30. The van der Waals surface area contributed by atoms with Crippen LogP contribution in [0.3, 0.4) is 0 Å². The van der Waals surface area contributed by atoms with Crippen molar-refractivity contribution in [1.82, 2.24) is 10.2 Å². The van der Waals surface area contributed by atoms with Gasteiger partial charge in [0, 0.05) is 10.9 Å². The van der Waals surface area contributed by atoms with E-state index in [0.717, 1.165) is 18.9 Å². The highest BCUT2D eigenvalue weighted by molar-refractivity contribution is 6.31. The molecule has 98 valence electrons. The van der Waals surface area contributed by atoms with Gasteiger partial charge in [0.25, 0.3) is 5.91 Å². The van der Waals surface area contributed by atoms with Crippen LogP contribution in [0, 0.1) is 5.82 Å². The first-order valence-corrected chi connectivity index (χ1v) is 6.11. The van der Waals surface area contributed by atoms with Gasteiger partial charge in [-0.1, -0.05) is 16.7 Å². The fraction of sp³-hybridized carbons (Fsp3) is 0.250. The average Bonchev–Trinajstić information content (AvgIpc) is 3.13. The Balaban J connectivity index is 1.77. The van der Waals surface area contributed by atoms with Gasteiger partial charge < -0.3 is 4.42 Å². The van der Waals surface area contributed by atoms with E-state index < -0.39 is 11.7 Å². The molecule has 0 radical (unpaired) electrons. The van der Waals surface area contributed by atoms with Gasteiger partial charge >= 0.3 is 6.01 Å². The van der Waals surface area contributed by atoms with Gasteiger partial charge in [0.15, 0.2) is 0 Å². The predicted molar refractivity (Wildman–Crippen MR) is 65.6 cm³/mol. The van der Waals surface area contributed by atoms with E-state index in [1.807, 2.05) is 0 Å². The molecule has 0 saturated heterocycles. The number of halogens is 2. The minimum atomic E-state index is -0.675. The Morgan fingerprint density at radius 2 is 2.21 bits per heavy atom. The summed E-state index contributed by atoms with van der Waals surface area (Å²) in [7, 11) is 0. The molecular formula is C12H9ClFN3O2. The Morgan fingerprint density at radius 1 is 1.42 bits per heavy atom. The van der Waals surface area contributed by atoms with Crippen molar-refractivity contribution in [2.45, 2.75) is 18.8 Å². The van der Waals surface area contributed by atoms with Gasteiger partial charge in [-0.2, -0.15) is 0 Å². The lowest BCUT2D eigenvalue weighted by Gasteiger charge is -2.02. The number of rotatable bonds is 3. The maximum atomic E-state index is 13.5. The van der Waals surface area contributed by atoms with Gasteiger partial charge in [-0.25, -0.2) is 4.39 Å². The van der Waals surface area contributed by atoms with Crippen LogP contribution in [0.1, 0.15) is 35.0 Å². The molecule has 1 fully saturated rings. The molecule has 0 spiro atoms. The molecule has 1 N–H and O–H groups in total. The van der Waals surface area contributed by atoms with Crippen molar-refractivity contribution in [2.75, 3.05) is 5.32 Å². The van der Waals surface area contributed by atoms with E-state index in [1.54, 1.807) is 0 Å². The first-order chi connectivity index (χ1) is 9.13. The van der Waals surface area contributed by atoms with Crippen LogP contribution in [0.25, 0.3) is 0 Å². The summed E-state index contributed by atoms with van der Waals surface area (Å²) < 4.78 is 18.7. The normalized spacial score (nSPS) is 14.4. The smallest absolute Gasteiger partial charge is 0.322 e. The van der Waals surface area contributed by atoms with Crippen molar-refractivity contribution in [3.63, 3.8) is 0 Å². The molecule has 19 heavy (non-hydrogen) atoms. The molecule has 5 nitrogen and oxygen atoms in total. The van der Waals surface area contributed by atoms with Crippen LogP contribution in [0.2, 0.25) is 5.02 Å². The zero-order valence-corrected chi connectivity index (χ0v) is 10.4. The van der Waals surface area contributed by atoms with Gasteiger partial charge in [-0.15, -0.1) is 5.10 Å². The maximum absolute atomic E-state index is 13.5. The van der Waals surface area contributed by atoms with Gasteiger partial charge in [0.2, 0.25) is 5.89 Å². The Morgan fingerprint density at radius 3 is 2.95 bits per heavy atom. The van der Waals surface area contributed by atoms with E-state index >= 15 is 0 Å². The third-order valence-corrected chi connectivity index (χ3v) is 3.00. The molecule has 1 aliphatic carbocycles. The molecule has 1 aliphatic rings. The highest BCUT2D eigenvalue weighted by atomic mass is 35.5. The van der Waals surface area contributed by atoms with Gasteiger partial charge in [-0.3, -0.25) is 10.1 Å². The first kappa shape index (κ1) is 12.1. The van der Waals surface area contributed by atoms with Crippen LogP contribution in [0.15, 0.2) is 22.6 Å². The largest absolute Gasteiger partial charge is 0.408 e. The van der Waals surface area contributed by atoms with E-state index in [0.29, 0.717) is 11.8 Å². The van der Waals surface area contributed by atoms with Crippen molar-refractivity contribution in [3.8, 4) is 0 Å². The summed E-state index contributed by atoms with van der Waals surface area (Å²) in [5.74, 6) is -0.544. The lowest BCUT2D eigenvalue weighted by molar-refractivity contribution is 0.102. The molecule has 0 aliphatic heterocycles. The Labute approximate surface area is 112 Å². The SMILES string of the molecule is O=C(Nc1nnc(C2CC2)o1)c1cc(Cl)ccc1F. The number of benzene rings is 1. The molecule has 1 aromatic heterocycles. The number of carbonyl (C=O) groups is 1. The summed E-state index contributed by atoms with van der Waals surface area (Å²) >= 11 is 5.72. The van der Waals surface area contributed by atoms with E-state index in [1.165, 1.54) is 12.1 Å². The highest BCUT2D eigenvalue weighted by Gasteiger charge is 2.29. The molecular weight excluding hydrogens is 273 g/mol. The molecule has 7 heteroatoms. The molecule has 2 aromatic rings. The van der Waals surface area contributed by atoms with Gasteiger partial charge in [-0.05, 0) is 31.0 Å². The van der Waals surface area contributed by atoms with E-state index in [2.05, 4.69) is 15.5 Å². The third-order valence-electron chi connectivity index (χ3n) is 2.76. The molecule has 1 aromatic carbocycles. The van der Waals surface area contributed by atoms with Crippen molar-refractivity contribution in [3.05, 3.63) is 40.5 Å². The number of amides is 1. The molecule has 1 heterocycles. The lowest BCUT2D eigenvalue weighted by Crippen LogP contribution is -2.14. The second-order valence-corrected chi connectivity index (χ2v) is 4.73. The van der Waals surface area contributed by atoms with Crippen LogP contribution in [0.4, 0.5) is 10.4 Å². The summed E-state index contributed by atoms with van der Waals surface area (Å²) in [4.78, 5) is 11.8. The highest BCUT2D eigenvalue weighted by Crippen LogP contribution is 2.39. The topological polar surface area (TPSA) is 68.0 Å². The molecule has 3 rings (SSSR count). The zero-order valence-electron chi connectivity index (χ0n) is 9.69. The Bertz CT molecular complexity index is 640. The van der Waals surface area contributed by atoms with Crippen molar-refractivity contribution >= 4 is 23.5 Å². The zero-order chi connectivity index (χ0) is 13.4. The first-order valence-electron chi connectivity index (χ1n) is 5.73. The number of nitrogens with zero attached hydrogens (tertiary/aromatic N) is 2. The van der Waals surface area contributed by atoms with E-state index in [-0.39, 0.29) is 16.6 Å². The Kier molecular flexibility index (Phi) is 2.94. The minimum absolute atomic E-state index is 0.0359. The average molecular weight is 282 g/mol. The molecule has 1 saturated carbocycles. The van der Waals surface area contributed by atoms with Gasteiger partial charge in [0.05, 0.1) is 5.56 Å². The van der Waals surface area contributed by atoms with Crippen molar-refractivity contribution < 1.29 is 13.6 Å². The summed E-state index contributed by atoms with van der Waals surface area (Å²) in [6.07, 6.45) is 2.02. The third kappa shape index (κ3) is 2.58. The van der Waals surface area contributed by atoms with Crippen LogP contribution in [0.5, 0.6) is 0 Å². The predicted octanol–water partition coefficient (Wildman–Crippen LogP) is 2.99. The minimum Gasteiger partial charge on any atom is -0.408 e. The van der Waals surface area contributed by atoms with Crippen molar-refractivity contribution in [1.29, 1.82) is 0 Å². The number of carbonyl (C=O) groups excluding carboxylic acids is 1. The second kappa shape index (κ2) is 4.62. The fourth-order valence-electron chi connectivity index (χ4n) is 1.62. The number of hydrogen-bond acceptors (Lipinski definition) is 4. The van der Waals surface area contributed by atoms with E-state index in [4.69, 9.17) is 16.0 Å². The maximum Gasteiger partial charge on any atom is 0.322 e. The molecule has 0 unspecified atom stereocenters. The lowest BCUT2D eigenvalue weighted by atomic mass is 10.2. The number of hydrogen-bond donors (Lipinski definition) is 1. The monoisotopic (exact) mass is 281 g/mol. The van der Waals surface area contributed by atoms with Gasteiger partial charge in [0.1, 0.15) is 5.82 Å². The number of anilines is 1. The quantitative estimate of drug-likeness (QED) is 0.939. The number of aromatic nitrogens is 2.